The van der Waals surface area contributed by atoms with E-state index in [1.54, 1.807) is 0 Å². The first-order valence-corrected chi connectivity index (χ1v) is 6.05. The molecule has 82 valence electrons. The molecule has 1 aliphatic heterocycles. The van der Waals surface area contributed by atoms with E-state index in [1.165, 1.54) is 5.56 Å². The monoisotopic (exact) mass is 269 g/mol. The molecule has 1 heterocycles. The molecule has 0 spiro atoms. The Morgan fingerprint density at radius 2 is 2.27 bits per heavy atom. The van der Waals surface area contributed by atoms with Gasteiger partial charge in [-0.05, 0) is 25.0 Å². The third kappa shape index (κ3) is 2.41. The molecule has 1 aromatic rings. The summed E-state index contributed by atoms with van der Waals surface area (Å²) in [6.07, 6.45) is 0.918. The molecule has 2 rings (SSSR count). The minimum Gasteiger partial charge on any atom is -0.389 e. The summed E-state index contributed by atoms with van der Waals surface area (Å²) >= 11 is 3.54. The molecule has 1 saturated heterocycles. The number of benzene rings is 1. The molecule has 2 atom stereocenters. The standard InChI is InChI=1S/C12H16BrNO/c1-12(15)8-14-7-10(12)6-9-4-2-3-5-11(9)13/h2-5,10,14-15H,6-8H2,1H3. The van der Waals surface area contributed by atoms with Crippen molar-refractivity contribution in [2.75, 3.05) is 13.1 Å². The fraction of sp³-hybridized carbons (Fsp3) is 0.500. The Balaban J connectivity index is 2.12. The van der Waals surface area contributed by atoms with Crippen molar-refractivity contribution in [1.29, 1.82) is 0 Å². The summed E-state index contributed by atoms with van der Waals surface area (Å²) in [5, 5.41) is 13.4. The van der Waals surface area contributed by atoms with Gasteiger partial charge in [0.15, 0.2) is 0 Å². The van der Waals surface area contributed by atoms with E-state index in [0.29, 0.717) is 12.5 Å². The summed E-state index contributed by atoms with van der Waals surface area (Å²) in [5.41, 5.74) is 0.696. The summed E-state index contributed by atoms with van der Waals surface area (Å²) in [7, 11) is 0. The van der Waals surface area contributed by atoms with Crippen LogP contribution in [0.25, 0.3) is 0 Å². The normalized spacial score (nSPS) is 30.7. The number of hydrogen-bond acceptors (Lipinski definition) is 2. The largest absolute Gasteiger partial charge is 0.389 e. The Labute approximate surface area is 98.8 Å². The van der Waals surface area contributed by atoms with Crippen LogP contribution in [0, 0.1) is 5.92 Å². The van der Waals surface area contributed by atoms with Crippen LogP contribution in [-0.4, -0.2) is 23.8 Å². The van der Waals surface area contributed by atoms with Gasteiger partial charge in [-0.15, -0.1) is 0 Å². The van der Waals surface area contributed by atoms with Crippen molar-refractivity contribution >= 4 is 15.9 Å². The molecule has 15 heavy (non-hydrogen) atoms. The highest BCUT2D eigenvalue weighted by Gasteiger charge is 2.36. The zero-order chi connectivity index (χ0) is 10.9. The fourth-order valence-corrected chi connectivity index (χ4v) is 2.53. The van der Waals surface area contributed by atoms with Crippen LogP contribution < -0.4 is 5.32 Å². The fourth-order valence-electron chi connectivity index (χ4n) is 2.09. The van der Waals surface area contributed by atoms with Gasteiger partial charge in [0, 0.05) is 23.5 Å². The van der Waals surface area contributed by atoms with Crippen LogP contribution in [0.4, 0.5) is 0 Å². The van der Waals surface area contributed by atoms with E-state index in [9.17, 15) is 5.11 Å². The Morgan fingerprint density at radius 1 is 1.53 bits per heavy atom. The quantitative estimate of drug-likeness (QED) is 0.861. The molecule has 1 aliphatic rings. The lowest BCUT2D eigenvalue weighted by Crippen LogP contribution is -2.35. The topological polar surface area (TPSA) is 32.3 Å². The van der Waals surface area contributed by atoms with E-state index in [-0.39, 0.29) is 0 Å². The molecule has 0 aliphatic carbocycles. The first-order chi connectivity index (χ1) is 7.09. The van der Waals surface area contributed by atoms with Gasteiger partial charge >= 0.3 is 0 Å². The van der Waals surface area contributed by atoms with E-state index >= 15 is 0 Å². The van der Waals surface area contributed by atoms with Gasteiger partial charge < -0.3 is 10.4 Å². The molecule has 0 aromatic heterocycles. The predicted octanol–water partition coefficient (Wildman–Crippen LogP) is 1.96. The minimum absolute atomic E-state index is 0.302. The maximum atomic E-state index is 10.1. The summed E-state index contributed by atoms with van der Waals surface area (Å²) in [5.74, 6) is 0.302. The third-order valence-corrected chi connectivity index (χ3v) is 3.95. The molecule has 2 nitrogen and oxygen atoms in total. The predicted molar refractivity (Wildman–Crippen MR) is 64.8 cm³/mol. The van der Waals surface area contributed by atoms with Crippen LogP contribution in [0.3, 0.4) is 0 Å². The molecule has 1 aromatic carbocycles. The van der Waals surface area contributed by atoms with Crippen LogP contribution in [-0.2, 0) is 6.42 Å². The highest BCUT2D eigenvalue weighted by atomic mass is 79.9. The van der Waals surface area contributed by atoms with Gasteiger partial charge in [0.1, 0.15) is 0 Å². The number of nitrogens with one attached hydrogen (secondary N) is 1. The van der Waals surface area contributed by atoms with Gasteiger partial charge in [0.25, 0.3) is 0 Å². The van der Waals surface area contributed by atoms with Crippen LogP contribution >= 0.6 is 15.9 Å². The Kier molecular flexibility index (Phi) is 3.14. The first-order valence-electron chi connectivity index (χ1n) is 5.26. The van der Waals surface area contributed by atoms with Crippen molar-refractivity contribution in [3.8, 4) is 0 Å². The van der Waals surface area contributed by atoms with Crippen LogP contribution in [0.15, 0.2) is 28.7 Å². The Morgan fingerprint density at radius 3 is 2.87 bits per heavy atom. The summed E-state index contributed by atoms with van der Waals surface area (Å²) in [6.45, 7) is 3.50. The Hall–Kier alpha value is -0.380. The molecule has 0 amide bonds. The number of halogens is 1. The van der Waals surface area contributed by atoms with Gasteiger partial charge in [-0.1, -0.05) is 34.1 Å². The Bertz CT molecular complexity index is 351. The van der Waals surface area contributed by atoms with Gasteiger partial charge in [-0.25, -0.2) is 0 Å². The van der Waals surface area contributed by atoms with E-state index in [1.807, 2.05) is 25.1 Å². The zero-order valence-electron chi connectivity index (χ0n) is 8.83. The molecule has 0 bridgehead atoms. The van der Waals surface area contributed by atoms with E-state index < -0.39 is 5.60 Å². The van der Waals surface area contributed by atoms with Crippen LogP contribution in [0.5, 0.6) is 0 Å². The smallest absolute Gasteiger partial charge is 0.0786 e. The van der Waals surface area contributed by atoms with Gasteiger partial charge in [-0.3, -0.25) is 0 Å². The van der Waals surface area contributed by atoms with E-state index in [0.717, 1.165) is 17.4 Å². The molecule has 3 heteroatoms. The average Bonchev–Trinajstić information content (AvgIpc) is 2.50. The number of hydrogen-bond donors (Lipinski definition) is 2. The van der Waals surface area contributed by atoms with Crippen molar-refractivity contribution in [3.63, 3.8) is 0 Å². The van der Waals surface area contributed by atoms with Crippen molar-refractivity contribution in [3.05, 3.63) is 34.3 Å². The SMILES string of the molecule is CC1(O)CNCC1Cc1ccccc1Br. The summed E-state index contributed by atoms with van der Waals surface area (Å²) in [4.78, 5) is 0. The van der Waals surface area contributed by atoms with Gasteiger partial charge in [0.2, 0.25) is 0 Å². The third-order valence-electron chi connectivity index (χ3n) is 3.18. The molecule has 0 saturated carbocycles. The summed E-state index contributed by atoms with van der Waals surface area (Å²) in [6, 6.07) is 8.21. The second kappa shape index (κ2) is 4.24. The van der Waals surface area contributed by atoms with E-state index in [4.69, 9.17) is 0 Å². The van der Waals surface area contributed by atoms with Crippen LogP contribution in [0.2, 0.25) is 0 Å². The average molecular weight is 270 g/mol. The first kappa shape index (κ1) is 11.1. The highest BCUT2D eigenvalue weighted by Crippen LogP contribution is 2.27. The second-order valence-corrected chi connectivity index (χ2v) is 5.33. The van der Waals surface area contributed by atoms with Crippen molar-refractivity contribution < 1.29 is 5.11 Å². The minimum atomic E-state index is -0.574. The number of aliphatic hydroxyl groups is 1. The lowest BCUT2D eigenvalue weighted by atomic mass is 9.87. The molecular weight excluding hydrogens is 254 g/mol. The van der Waals surface area contributed by atoms with Gasteiger partial charge in [0.05, 0.1) is 5.60 Å². The zero-order valence-corrected chi connectivity index (χ0v) is 10.4. The van der Waals surface area contributed by atoms with Crippen molar-refractivity contribution in [2.45, 2.75) is 18.9 Å². The maximum Gasteiger partial charge on any atom is 0.0786 e. The number of rotatable bonds is 2. The van der Waals surface area contributed by atoms with Crippen LogP contribution in [0.1, 0.15) is 12.5 Å². The molecule has 2 N–H and O–H groups in total. The second-order valence-electron chi connectivity index (χ2n) is 4.48. The highest BCUT2D eigenvalue weighted by molar-refractivity contribution is 9.10. The van der Waals surface area contributed by atoms with E-state index in [2.05, 4.69) is 27.3 Å². The number of β-amino-alcohol motifs (C(OH)–C–C–N with tert-alkyl or cyclic N) is 1. The molecule has 0 radical (unpaired) electrons. The molecule has 2 unspecified atom stereocenters. The molecule has 1 fully saturated rings. The van der Waals surface area contributed by atoms with Crippen molar-refractivity contribution in [1.82, 2.24) is 5.32 Å². The van der Waals surface area contributed by atoms with Gasteiger partial charge in [-0.2, -0.15) is 0 Å². The van der Waals surface area contributed by atoms with Crippen molar-refractivity contribution in [2.24, 2.45) is 5.92 Å². The molecular formula is C12H16BrNO. The lowest BCUT2D eigenvalue weighted by molar-refractivity contribution is 0.0363. The lowest BCUT2D eigenvalue weighted by Gasteiger charge is -2.24. The maximum absolute atomic E-state index is 10.1. The summed E-state index contributed by atoms with van der Waals surface area (Å²) < 4.78 is 1.13.